The van der Waals surface area contributed by atoms with Crippen LogP contribution in [0.15, 0.2) is 176 Å². The molecule has 0 N–H and O–H groups in total. The van der Waals surface area contributed by atoms with Gasteiger partial charge < -0.3 is 4.74 Å². The van der Waals surface area contributed by atoms with Crippen molar-refractivity contribution in [2.24, 2.45) is 0 Å². The third-order valence-corrected chi connectivity index (χ3v) is 11.8. The van der Waals surface area contributed by atoms with Crippen LogP contribution in [0, 0.1) is 0 Å². The van der Waals surface area contributed by atoms with E-state index in [2.05, 4.69) is 183 Å². The summed E-state index contributed by atoms with van der Waals surface area (Å²) in [5.41, 5.74) is 15.9. The zero-order chi connectivity index (χ0) is 33.0. The first-order valence-corrected chi connectivity index (χ1v) is 17.5. The summed E-state index contributed by atoms with van der Waals surface area (Å²) in [4.78, 5) is 0. The highest BCUT2D eigenvalue weighted by molar-refractivity contribution is 6.02. The predicted molar refractivity (Wildman–Crippen MR) is 204 cm³/mol. The van der Waals surface area contributed by atoms with E-state index < -0.39 is 5.41 Å². The van der Waals surface area contributed by atoms with Gasteiger partial charge in [-0.25, -0.2) is 0 Å². The molecule has 0 amide bonds. The predicted octanol–water partition coefficient (Wildman–Crippen LogP) is 12.3. The molecule has 1 spiro atoms. The van der Waals surface area contributed by atoms with Gasteiger partial charge in [-0.2, -0.15) is 0 Å². The Morgan fingerprint density at radius 2 is 0.960 bits per heavy atom. The Balaban J connectivity index is 1.20. The fourth-order valence-electron chi connectivity index (χ4n) is 9.63. The second-order valence-electron chi connectivity index (χ2n) is 14.1. The van der Waals surface area contributed by atoms with Crippen LogP contribution in [0.1, 0.15) is 45.9 Å². The van der Waals surface area contributed by atoms with E-state index in [9.17, 15) is 0 Å². The Morgan fingerprint density at radius 3 is 1.74 bits per heavy atom. The summed E-state index contributed by atoms with van der Waals surface area (Å²) in [6.07, 6.45) is 0. The average molecular weight is 637 g/mol. The molecular formula is C49H32O. The van der Waals surface area contributed by atoms with Crippen molar-refractivity contribution in [3.63, 3.8) is 0 Å². The summed E-state index contributed by atoms with van der Waals surface area (Å²) in [6.45, 7) is 2.34. The van der Waals surface area contributed by atoms with Crippen LogP contribution in [0.2, 0.25) is 0 Å². The van der Waals surface area contributed by atoms with E-state index in [1.807, 2.05) is 0 Å². The number of benzene rings is 8. The first kappa shape index (κ1) is 27.7. The van der Waals surface area contributed by atoms with Crippen LogP contribution < -0.4 is 4.74 Å². The van der Waals surface area contributed by atoms with Gasteiger partial charge in [0, 0.05) is 16.5 Å². The van der Waals surface area contributed by atoms with Gasteiger partial charge in [-0.05, 0) is 103 Å². The van der Waals surface area contributed by atoms with Crippen LogP contribution in [0.4, 0.5) is 0 Å². The fourth-order valence-corrected chi connectivity index (χ4v) is 9.63. The van der Waals surface area contributed by atoms with Crippen molar-refractivity contribution >= 4 is 10.8 Å². The maximum atomic E-state index is 6.82. The lowest BCUT2D eigenvalue weighted by Crippen LogP contribution is -2.29. The highest BCUT2D eigenvalue weighted by atomic mass is 16.5. The van der Waals surface area contributed by atoms with Crippen LogP contribution in [-0.2, 0) is 10.8 Å². The number of para-hydroxylation sites is 1. The number of rotatable bonds is 2. The molecule has 0 saturated heterocycles. The molecule has 8 aromatic carbocycles. The molecule has 8 aromatic rings. The molecule has 1 heteroatoms. The average Bonchev–Trinajstić information content (AvgIpc) is 3.64. The van der Waals surface area contributed by atoms with E-state index >= 15 is 0 Å². The van der Waals surface area contributed by atoms with Gasteiger partial charge in [0.25, 0.3) is 0 Å². The summed E-state index contributed by atoms with van der Waals surface area (Å²) < 4.78 is 6.82. The monoisotopic (exact) mass is 636 g/mol. The second-order valence-corrected chi connectivity index (χ2v) is 14.1. The molecule has 0 bridgehead atoms. The highest BCUT2D eigenvalue weighted by Crippen LogP contribution is 2.65. The minimum Gasteiger partial charge on any atom is -0.457 e. The third kappa shape index (κ3) is 3.42. The van der Waals surface area contributed by atoms with E-state index in [0.29, 0.717) is 0 Å². The standard InChI is InChI=1S/C49H32O/c1-48(34-16-3-2-4-17-34)42-24-11-12-25-45(42)50-46-30-33(26-27-43(46)48)35-20-13-21-38-36-18-7-9-22-40(36)49(47(35)38)41-23-10-8-19-37(41)39-28-31-14-5-6-15-32(31)29-44(39)49/h2-30H,1H3. The van der Waals surface area contributed by atoms with Crippen LogP contribution >= 0.6 is 0 Å². The lowest BCUT2D eigenvalue weighted by atomic mass is 9.67. The topological polar surface area (TPSA) is 9.23 Å². The van der Waals surface area contributed by atoms with Crippen molar-refractivity contribution in [3.8, 4) is 44.9 Å². The Bertz CT molecular complexity index is 2700. The molecule has 1 heterocycles. The minimum absolute atomic E-state index is 0.357. The van der Waals surface area contributed by atoms with Crippen LogP contribution in [0.25, 0.3) is 44.2 Å². The molecule has 50 heavy (non-hydrogen) atoms. The molecule has 11 rings (SSSR count). The summed E-state index contributed by atoms with van der Waals surface area (Å²) >= 11 is 0. The van der Waals surface area contributed by atoms with Gasteiger partial charge in [-0.3, -0.25) is 0 Å². The SMILES string of the molecule is CC1(c2ccccc2)c2ccccc2Oc2cc(-c3cccc4c3C3(c5ccccc5-c5cc6ccccc6cc53)c3ccccc3-4)ccc21. The number of hydrogen-bond acceptors (Lipinski definition) is 1. The van der Waals surface area contributed by atoms with Crippen LogP contribution in [0.5, 0.6) is 11.5 Å². The molecule has 0 radical (unpaired) electrons. The molecule has 2 atom stereocenters. The number of hydrogen-bond donors (Lipinski definition) is 0. The maximum Gasteiger partial charge on any atom is 0.132 e. The van der Waals surface area contributed by atoms with Crippen molar-refractivity contribution in [1.82, 2.24) is 0 Å². The lowest BCUT2D eigenvalue weighted by Gasteiger charge is -2.38. The molecule has 234 valence electrons. The molecule has 0 saturated carbocycles. The van der Waals surface area contributed by atoms with Crippen molar-refractivity contribution in [2.45, 2.75) is 17.8 Å². The van der Waals surface area contributed by atoms with Gasteiger partial charge >= 0.3 is 0 Å². The smallest absolute Gasteiger partial charge is 0.132 e. The quantitative estimate of drug-likeness (QED) is 0.183. The van der Waals surface area contributed by atoms with Crippen LogP contribution in [0.3, 0.4) is 0 Å². The van der Waals surface area contributed by atoms with Crippen LogP contribution in [-0.4, -0.2) is 0 Å². The Kier molecular flexibility index (Phi) is 5.51. The van der Waals surface area contributed by atoms with E-state index in [-0.39, 0.29) is 5.41 Å². The van der Waals surface area contributed by atoms with Crippen molar-refractivity contribution in [3.05, 3.63) is 215 Å². The normalized spacial score (nSPS) is 18.8. The molecular weight excluding hydrogens is 605 g/mol. The molecule has 0 aromatic heterocycles. The van der Waals surface area contributed by atoms with Gasteiger partial charge in [-0.15, -0.1) is 0 Å². The third-order valence-electron chi connectivity index (χ3n) is 11.8. The number of ether oxygens (including phenoxy) is 1. The lowest BCUT2D eigenvalue weighted by molar-refractivity contribution is 0.427. The first-order chi connectivity index (χ1) is 24.7. The molecule has 1 nitrogen and oxygen atoms in total. The van der Waals surface area contributed by atoms with Gasteiger partial charge in [0.2, 0.25) is 0 Å². The zero-order valence-electron chi connectivity index (χ0n) is 27.7. The number of fused-ring (bicyclic) bond motifs is 13. The fraction of sp³-hybridized carbons (Fsp3) is 0.0612. The minimum atomic E-state index is -0.458. The first-order valence-electron chi connectivity index (χ1n) is 17.5. The Labute approximate surface area is 292 Å². The Hall–Kier alpha value is -6.18. The van der Waals surface area contributed by atoms with E-state index in [1.165, 1.54) is 77.5 Å². The van der Waals surface area contributed by atoms with E-state index in [4.69, 9.17) is 4.74 Å². The summed E-state index contributed by atoms with van der Waals surface area (Å²) in [6, 6.07) is 65.0. The van der Waals surface area contributed by atoms with Gasteiger partial charge in [0.05, 0.1) is 5.41 Å². The molecule has 2 aliphatic carbocycles. The molecule has 0 fully saturated rings. The second kappa shape index (κ2) is 9.94. The zero-order valence-corrected chi connectivity index (χ0v) is 27.7. The molecule has 3 aliphatic rings. The summed E-state index contributed by atoms with van der Waals surface area (Å²) in [7, 11) is 0. The van der Waals surface area contributed by atoms with E-state index in [1.54, 1.807) is 0 Å². The van der Waals surface area contributed by atoms with Gasteiger partial charge in [0.15, 0.2) is 0 Å². The van der Waals surface area contributed by atoms with Gasteiger partial charge in [-0.1, -0.05) is 152 Å². The summed E-state index contributed by atoms with van der Waals surface area (Å²) in [5, 5.41) is 2.54. The maximum absolute atomic E-state index is 6.82. The largest absolute Gasteiger partial charge is 0.457 e. The van der Waals surface area contributed by atoms with Crippen molar-refractivity contribution in [1.29, 1.82) is 0 Å². The van der Waals surface area contributed by atoms with E-state index in [0.717, 1.165) is 17.1 Å². The molecule has 2 unspecified atom stereocenters. The Morgan fingerprint density at radius 1 is 0.380 bits per heavy atom. The van der Waals surface area contributed by atoms with Crippen molar-refractivity contribution < 1.29 is 4.74 Å². The highest BCUT2D eigenvalue weighted by Gasteiger charge is 2.53. The van der Waals surface area contributed by atoms with Crippen molar-refractivity contribution in [2.75, 3.05) is 0 Å². The molecule has 1 aliphatic heterocycles. The van der Waals surface area contributed by atoms with Gasteiger partial charge in [0.1, 0.15) is 11.5 Å². The summed E-state index contributed by atoms with van der Waals surface area (Å²) in [5.74, 6) is 1.82.